The van der Waals surface area contributed by atoms with Gasteiger partial charge >= 0.3 is 0 Å². The van der Waals surface area contributed by atoms with Crippen LogP contribution in [0.25, 0.3) is 0 Å². The number of benzene rings is 1. The van der Waals surface area contributed by atoms with Crippen LogP contribution in [0.15, 0.2) is 29.3 Å². The lowest BCUT2D eigenvalue weighted by molar-refractivity contribution is 0.405. The largest absolute Gasteiger partial charge is 0.503 e. The van der Waals surface area contributed by atoms with E-state index in [4.69, 9.17) is 11.6 Å². The van der Waals surface area contributed by atoms with Gasteiger partial charge in [0.2, 0.25) is 5.95 Å². The van der Waals surface area contributed by atoms with Crippen LogP contribution < -0.4 is 0 Å². The van der Waals surface area contributed by atoms with E-state index in [1.54, 1.807) is 0 Å². The molecule has 0 fully saturated rings. The number of aliphatic imine (C=N–C) groups is 1. The highest BCUT2D eigenvalue weighted by atomic mass is 35.5. The second-order valence-electron chi connectivity index (χ2n) is 3.53. The van der Waals surface area contributed by atoms with Gasteiger partial charge < -0.3 is 5.11 Å². The van der Waals surface area contributed by atoms with Crippen molar-refractivity contribution < 1.29 is 18.3 Å². The highest BCUT2D eigenvalue weighted by Gasteiger charge is 2.09. The molecule has 0 saturated carbocycles. The second-order valence-corrected chi connectivity index (χ2v) is 3.94. The summed E-state index contributed by atoms with van der Waals surface area (Å²) in [5.41, 5.74) is 0.0777. The van der Waals surface area contributed by atoms with Crippen LogP contribution in [0.4, 0.5) is 18.9 Å². The smallest absolute Gasteiger partial charge is 0.258 e. The van der Waals surface area contributed by atoms with E-state index in [-0.39, 0.29) is 16.3 Å². The number of rotatable bonds is 2. The zero-order valence-electron chi connectivity index (χ0n) is 13.2. The molecule has 0 unspecified atom stereocenters. The Morgan fingerprint density at radius 2 is 1.70 bits per heavy atom. The number of nitrogens with zero attached hydrogens (tertiary/aromatic N) is 2. The Morgan fingerprint density at radius 3 is 2.26 bits per heavy atom. The van der Waals surface area contributed by atoms with E-state index in [2.05, 4.69) is 9.98 Å². The van der Waals surface area contributed by atoms with Crippen molar-refractivity contribution in [3.63, 3.8) is 0 Å². The van der Waals surface area contributed by atoms with Gasteiger partial charge in [-0.15, -0.1) is 0 Å². The van der Waals surface area contributed by atoms with E-state index >= 15 is 0 Å². The van der Waals surface area contributed by atoms with Gasteiger partial charge in [-0.05, 0) is 18.2 Å². The number of hydrogen-bond acceptors (Lipinski definition) is 3. The van der Waals surface area contributed by atoms with Gasteiger partial charge in [0.15, 0.2) is 5.75 Å². The minimum atomic E-state index is -1.33. The van der Waals surface area contributed by atoms with Crippen LogP contribution in [0.3, 0.4) is 0 Å². The zero-order valence-corrected chi connectivity index (χ0v) is 14.0. The van der Waals surface area contributed by atoms with Gasteiger partial charge in [0, 0.05) is 17.8 Å². The van der Waals surface area contributed by atoms with Crippen LogP contribution in [0.5, 0.6) is 5.75 Å². The molecule has 1 aromatic heterocycles. The molecule has 1 aromatic carbocycles. The molecule has 0 amide bonds. The maximum absolute atomic E-state index is 12.9. The molecule has 7 heteroatoms. The van der Waals surface area contributed by atoms with Crippen molar-refractivity contribution in [3.8, 4) is 5.75 Å². The summed E-state index contributed by atoms with van der Waals surface area (Å²) >= 11 is 5.55. The van der Waals surface area contributed by atoms with E-state index in [9.17, 15) is 18.3 Å². The minimum Gasteiger partial charge on any atom is -0.503 e. The average molecular weight is 347 g/mol. The molecular weight excluding hydrogens is 329 g/mol. The Labute approximate surface area is 138 Å². The molecule has 1 N–H and O–H groups in total. The zero-order chi connectivity index (χ0) is 18.0. The van der Waals surface area contributed by atoms with Gasteiger partial charge in [0.05, 0.1) is 10.7 Å². The molecule has 0 saturated heterocycles. The summed E-state index contributed by atoms with van der Waals surface area (Å²) in [6.45, 7) is 8.00. The van der Waals surface area contributed by atoms with Crippen molar-refractivity contribution in [2.45, 2.75) is 27.7 Å². The van der Waals surface area contributed by atoms with Gasteiger partial charge in [-0.3, -0.25) is 4.99 Å². The van der Waals surface area contributed by atoms with Gasteiger partial charge in [-0.25, -0.2) is 4.39 Å². The Balaban J connectivity index is 0.00000112. The molecule has 3 nitrogen and oxygen atoms in total. The van der Waals surface area contributed by atoms with Crippen molar-refractivity contribution >= 4 is 23.5 Å². The van der Waals surface area contributed by atoms with Crippen LogP contribution in [0.1, 0.15) is 33.3 Å². The summed E-state index contributed by atoms with van der Waals surface area (Å²) in [6.07, 6.45) is 1.02. The van der Waals surface area contributed by atoms with Crippen molar-refractivity contribution in [1.82, 2.24) is 4.98 Å². The van der Waals surface area contributed by atoms with Gasteiger partial charge in [-0.2, -0.15) is 13.8 Å². The maximum Gasteiger partial charge on any atom is 0.258 e. The number of halogens is 4. The number of aromatic hydroxyl groups is 1. The van der Waals surface area contributed by atoms with Crippen LogP contribution >= 0.6 is 11.6 Å². The third-order valence-corrected chi connectivity index (χ3v) is 2.49. The summed E-state index contributed by atoms with van der Waals surface area (Å²) in [5.74, 6) is -3.85. The van der Waals surface area contributed by atoms with Crippen LogP contribution in [-0.4, -0.2) is 16.3 Å². The van der Waals surface area contributed by atoms with E-state index in [1.807, 2.05) is 27.7 Å². The van der Waals surface area contributed by atoms with Crippen LogP contribution in [-0.2, 0) is 0 Å². The number of hydrogen-bond donors (Lipinski definition) is 1. The lowest BCUT2D eigenvalue weighted by Crippen LogP contribution is -1.94. The molecule has 2 aromatic rings. The van der Waals surface area contributed by atoms with Crippen molar-refractivity contribution in [2.24, 2.45) is 4.99 Å². The highest BCUT2D eigenvalue weighted by Crippen LogP contribution is 2.23. The van der Waals surface area contributed by atoms with Gasteiger partial charge in [-0.1, -0.05) is 39.3 Å². The Hall–Kier alpha value is -2.08. The molecule has 2 rings (SSSR count). The predicted molar refractivity (Wildman–Crippen MR) is 87.2 cm³/mol. The van der Waals surface area contributed by atoms with Crippen molar-refractivity contribution in [2.75, 3.05) is 0 Å². The molecule has 23 heavy (non-hydrogen) atoms. The summed E-state index contributed by atoms with van der Waals surface area (Å²) in [5, 5.41) is 9.18. The van der Waals surface area contributed by atoms with Gasteiger partial charge in [0.25, 0.3) is 5.95 Å². The molecule has 0 aliphatic heterocycles. The first-order chi connectivity index (χ1) is 11.0. The molecule has 0 atom stereocenters. The first-order valence-corrected chi connectivity index (χ1v) is 7.39. The number of aromatic nitrogens is 1. The Morgan fingerprint density at radius 1 is 1.09 bits per heavy atom. The number of pyridine rings is 1. The monoisotopic (exact) mass is 346 g/mol. The average Bonchev–Trinajstić information content (AvgIpc) is 2.56. The maximum atomic E-state index is 12.9. The molecular formula is C16H18ClF3N2O. The SMILES string of the molecule is CC.CC.Oc1c(C=Nc2ccc(F)c(Cl)c2)cc(F)nc1F. The molecule has 0 aliphatic rings. The van der Waals surface area contributed by atoms with Crippen LogP contribution in [0, 0.1) is 17.7 Å². The second kappa shape index (κ2) is 10.6. The fraction of sp³-hybridized carbons (Fsp3) is 0.250. The third-order valence-electron chi connectivity index (χ3n) is 2.20. The topological polar surface area (TPSA) is 45.5 Å². The quantitative estimate of drug-likeness (QED) is 0.563. The molecule has 0 spiro atoms. The normalized spacial score (nSPS) is 9.74. The Bertz CT molecular complexity index is 664. The summed E-state index contributed by atoms with van der Waals surface area (Å²) in [6, 6.07) is 4.47. The van der Waals surface area contributed by atoms with E-state index in [1.165, 1.54) is 12.1 Å². The van der Waals surface area contributed by atoms with Gasteiger partial charge in [0.1, 0.15) is 5.82 Å². The molecule has 1 heterocycles. The lowest BCUT2D eigenvalue weighted by Gasteiger charge is -2.00. The Kier molecular flexibility index (Phi) is 9.65. The summed E-state index contributed by atoms with van der Waals surface area (Å²) < 4.78 is 38.7. The van der Waals surface area contributed by atoms with E-state index in [0.717, 1.165) is 18.3 Å². The van der Waals surface area contributed by atoms with E-state index in [0.29, 0.717) is 0 Å². The van der Waals surface area contributed by atoms with E-state index < -0.39 is 23.5 Å². The predicted octanol–water partition coefficient (Wildman–Crippen LogP) is 5.66. The lowest BCUT2D eigenvalue weighted by atomic mass is 10.2. The van der Waals surface area contributed by atoms with Crippen LogP contribution in [0.2, 0.25) is 5.02 Å². The first-order valence-electron chi connectivity index (χ1n) is 7.01. The highest BCUT2D eigenvalue weighted by molar-refractivity contribution is 6.31. The fourth-order valence-corrected chi connectivity index (χ4v) is 1.48. The van der Waals surface area contributed by atoms with Crippen molar-refractivity contribution in [3.05, 3.63) is 52.6 Å². The third kappa shape index (κ3) is 6.28. The summed E-state index contributed by atoms with van der Waals surface area (Å²) in [4.78, 5) is 6.62. The summed E-state index contributed by atoms with van der Waals surface area (Å²) in [7, 11) is 0. The fourth-order valence-electron chi connectivity index (χ4n) is 1.30. The molecule has 126 valence electrons. The molecule has 0 radical (unpaired) electrons. The first kappa shape index (κ1) is 20.9. The standard InChI is InChI=1S/C12H6ClF3N2O.2C2H6/c13-8-4-7(1-2-9(8)14)17-5-6-3-10(15)18-12(16)11(6)19;2*1-2/h1-5,19H;2*1-2H3. The molecule has 0 aliphatic carbocycles. The minimum absolute atomic E-state index is 0.133. The van der Waals surface area contributed by atoms with Crippen molar-refractivity contribution in [1.29, 1.82) is 0 Å². The molecule has 0 bridgehead atoms.